The van der Waals surface area contributed by atoms with Crippen LogP contribution in [-0.4, -0.2) is 40.8 Å². The van der Waals surface area contributed by atoms with Crippen molar-refractivity contribution in [2.75, 3.05) is 13.7 Å². The van der Waals surface area contributed by atoms with Gasteiger partial charge in [-0.2, -0.15) is 0 Å². The molecule has 2 atom stereocenters. The van der Waals surface area contributed by atoms with Crippen molar-refractivity contribution in [2.24, 2.45) is 0 Å². The number of rotatable bonds is 6. The fraction of sp³-hybridized carbons (Fsp3) is 0.417. The first-order valence-electron chi connectivity index (χ1n) is 5.79. The topological polar surface area (TPSA) is 122 Å². The zero-order valence-corrected chi connectivity index (χ0v) is 11.1. The minimum absolute atomic E-state index is 0.0577. The number of methoxy groups -OCH3 is 1. The van der Waals surface area contributed by atoms with E-state index in [1.807, 2.05) is 0 Å². The van der Waals surface area contributed by atoms with Gasteiger partial charge in [-0.15, -0.1) is 0 Å². The average Bonchev–Trinajstić information content (AvgIpc) is 2.42. The second-order valence-corrected chi connectivity index (χ2v) is 4.14. The highest BCUT2D eigenvalue weighted by molar-refractivity contribution is 5.72. The number of amides is 1. The molecule has 0 aromatic heterocycles. The number of ether oxygens (including phenoxy) is 1. The molecule has 0 spiro atoms. The molecule has 0 aliphatic rings. The number of hydrogen-bond donors (Lipinski definition) is 3. The maximum Gasteiger partial charge on any atom is 0.311 e. The summed E-state index contributed by atoms with van der Waals surface area (Å²) in [6.45, 7) is 1.12. The smallest absolute Gasteiger partial charge is 0.311 e. The summed E-state index contributed by atoms with van der Waals surface area (Å²) in [6.07, 6.45) is -2.63. The van der Waals surface area contributed by atoms with Crippen LogP contribution in [0.15, 0.2) is 18.2 Å². The maximum absolute atomic E-state index is 10.9. The molecule has 0 fully saturated rings. The van der Waals surface area contributed by atoms with E-state index in [0.717, 1.165) is 6.07 Å². The lowest BCUT2D eigenvalue weighted by molar-refractivity contribution is -0.385. The molecule has 1 rings (SSSR count). The summed E-state index contributed by atoms with van der Waals surface area (Å²) in [6, 6.07) is 3.87. The molecule has 0 bridgehead atoms. The summed E-state index contributed by atoms with van der Waals surface area (Å²) >= 11 is 0. The Kier molecular flexibility index (Phi) is 5.42. The molecule has 1 amide bonds. The number of aliphatic hydroxyl groups excluding tert-OH is 2. The largest absolute Gasteiger partial charge is 0.490 e. The van der Waals surface area contributed by atoms with Crippen molar-refractivity contribution in [3.63, 3.8) is 0 Å². The van der Waals surface area contributed by atoms with E-state index >= 15 is 0 Å². The molecule has 0 radical (unpaired) electrons. The van der Waals surface area contributed by atoms with Crippen molar-refractivity contribution < 1.29 is 24.7 Å². The quantitative estimate of drug-likeness (QED) is 0.504. The molecular weight excluding hydrogens is 268 g/mol. The zero-order valence-electron chi connectivity index (χ0n) is 11.1. The van der Waals surface area contributed by atoms with Gasteiger partial charge >= 0.3 is 5.69 Å². The van der Waals surface area contributed by atoms with Crippen molar-refractivity contribution >= 4 is 11.6 Å². The van der Waals surface area contributed by atoms with Crippen LogP contribution in [0.25, 0.3) is 0 Å². The number of hydrogen-bond acceptors (Lipinski definition) is 6. The van der Waals surface area contributed by atoms with Gasteiger partial charge < -0.3 is 20.3 Å². The molecule has 3 N–H and O–H groups in total. The lowest BCUT2D eigenvalue weighted by Crippen LogP contribution is -2.34. The molecule has 2 unspecified atom stereocenters. The normalized spacial score (nSPS) is 13.4. The van der Waals surface area contributed by atoms with E-state index in [-0.39, 0.29) is 29.5 Å². The maximum atomic E-state index is 10.9. The van der Waals surface area contributed by atoms with Gasteiger partial charge in [0.25, 0.3) is 0 Å². The SMILES string of the molecule is COc1ccc(C(O)C(O)CNC(C)=O)cc1[N+](=O)[O-]. The first-order chi connectivity index (χ1) is 9.36. The Balaban J connectivity index is 2.93. The Hall–Kier alpha value is -2.19. The second kappa shape index (κ2) is 6.83. The number of nitrogens with one attached hydrogen (secondary N) is 1. The van der Waals surface area contributed by atoms with Gasteiger partial charge in [0, 0.05) is 19.5 Å². The molecule has 20 heavy (non-hydrogen) atoms. The van der Waals surface area contributed by atoms with Crippen LogP contribution in [0.5, 0.6) is 5.75 Å². The van der Waals surface area contributed by atoms with E-state index < -0.39 is 17.1 Å². The number of carbonyl (C=O) groups excluding carboxylic acids is 1. The van der Waals surface area contributed by atoms with Crippen molar-refractivity contribution in [3.05, 3.63) is 33.9 Å². The van der Waals surface area contributed by atoms with Crippen LogP contribution < -0.4 is 10.1 Å². The second-order valence-electron chi connectivity index (χ2n) is 4.14. The predicted molar refractivity (Wildman–Crippen MR) is 69.3 cm³/mol. The number of benzene rings is 1. The van der Waals surface area contributed by atoms with E-state index in [1.165, 1.54) is 26.2 Å². The Morgan fingerprint density at radius 3 is 2.65 bits per heavy atom. The van der Waals surface area contributed by atoms with Crippen LogP contribution in [0.4, 0.5) is 5.69 Å². The number of nitrogens with zero attached hydrogens (tertiary/aromatic N) is 1. The zero-order chi connectivity index (χ0) is 15.3. The third-order valence-corrected chi connectivity index (χ3v) is 2.67. The van der Waals surface area contributed by atoms with Gasteiger partial charge in [-0.05, 0) is 11.6 Å². The van der Waals surface area contributed by atoms with Gasteiger partial charge in [0.2, 0.25) is 5.91 Å². The molecule has 1 aromatic rings. The fourth-order valence-electron chi connectivity index (χ4n) is 1.62. The minimum atomic E-state index is -1.36. The van der Waals surface area contributed by atoms with Gasteiger partial charge in [0.05, 0.1) is 12.0 Å². The van der Waals surface area contributed by atoms with Gasteiger partial charge in [-0.25, -0.2) is 0 Å². The molecule has 8 heteroatoms. The molecule has 0 heterocycles. The van der Waals surface area contributed by atoms with Gasteiger partial charge in [-0.3, -0.25) is 14.9 Å². The van der Waals surface area contributed by atoms with Crippen molar-refractivity contribution in [1.29, 1.82) is 0 Å². The highest BCUT2D eigenvalue weighted by Gasteiger charge is 2.23. The Labute approximate surface area is 115 Å². The molecule has 0 aliphatic heterocycles. The summed E-state index contributed by atoms with van der Waals surface area (Å²) in [5.41, 5.74) is -0.147. The highest BCUT2D eigenvalue weighted by atomic mass is 16.6. The van der Waals surface area contributed by atoms with Crippen LogP contribution >= 0.6 is 0 Å². The molecular formula is C12H16N2O6. The van der Waals surface area contributed by atoms with E-state index in [9.17, 15) is 25.1 Å². The van der Waals surface area contributed by atoms with Gasteiger partial charge in [-0.1, -0.05) is 6.07 Å². The van der Waals surface area contributed by atoms with E-state index in [0.29, 0.717) is 0 Å². The number of carbonyl (C=O) groups is 1. The fourth-order valence-corrected chi connectivity index (χ4v) is 1.62. The molecule has 0 aliphatic carbocycles. The summed E-state index contributed by atoms with van der Waals surface area (Å²) < 4.78 is 4.84. The van der Waals surface area contributed by atoms with E-state index in [2.05, 4.69) is 5.32 Å². The molecule has 0 saturated carbocycles. The summed E-state index contributed by atoms with van der Waals surface area (Å²) in [7, 11) is 1.30. The Bertz CT molecular complexity index is 505. The Morgan fingerprint density at radius 2 is 2.15 bits per heavy atom. The molecule has 1 aromatic carbocycles. The van der Waals surface area contributed by atoms with Crippen LogP contribution in [-0.2, 0) is 4.79 Å². The van der Waals surface area contributed by atoms with E-state index in [4.69, 9.17) is 4.74 Å². The highest BCUT2D eigenvalue weighted by Crippen LogP contribution is 2.30. The number of nitro benzene ring substituents is 1. The van der Waals surface area contributed by atoms with Gasteiger partial charge in [0.1, 0.15) is 12.2 Å². The monoisotopic (exact) mass is 284 g/mol. The number of aliphatic hydroxyl groups is 2. The molecule has 8 nitrogen and oxygen atoms in total. The average molecular weight is 284 g/mol. The third-order valence-electron chi connectivity index (χ3n) is 2.67. The lowest BCUT2D eigenvalue weighted by Gasteiger charge is -2.18. The standard InChI is InChI=1S/C12H16N2O6/c1-7(15)13-6-10(16)12(17)8-3-4-11(20-2)9(5-8)14(18)19/h3-5,10,12,16-17H,6H2,1-2H3,(H,13,15). The van der Waals surface area contributed by atoms with Crippen molar-refractivity contribution in [1.82, 2.24) is 5.32 Å². The third kappa shape index (κ3) is 3.90. The van der Waals surface area contributed by atoms with Crippen molar-refractivity contribution in [3.8, 4) is 5.75 Å². The first-order valence-corrected chi connectivity index (χ1v) is 5.79. The summed E-state index contributed by atoms with van der Waals surface area (Å²) in [5, 5.41) is 32.8. The van der Waals surface area contributed by atoms with Crippen LogP contribution in [0.3, 0.4) is 0 Å². The van der Waals surface area contributed by atoms with Crippen LogP contribution in [0.1, 0.15) is 18.6 Å². The summed E-state index contributed by atoms with van der Waals surface area (Å²) in [4.78, 5) is 20.9. The first kappa shape index (κ1) is 15.9. The van der Waals surface area contributed by atoms with E-state index in [1.54, 1.807) is 0 Å². The molecule has 110 valence electrons. The molecule has 0 saturated heterocycles. The lowest BCUT2D eigenvalue weighted by atomic mass is 10.0. The predicted octanol–water partition coefficient (Wildman–Crippen LogP) is 0.134. The van der Waals surface area contributed by atoms with Crippen molar-refractivity contribution in [2.45, 2.75) is 19.1 Å². The summed E-state index contributed by atoms with van der Waals surface area (Å²) in [5.74, 6) is -0.292. The minimum Gasteiger partial charge on any atom is -0.490 e. The Morgan fingerprint density at radius 1 is 1.50 bits per heavy atom. The van der Waals surface area contributed by atoms with Crippen LogP contribution in [0, 0.1) is 10.1 Å². The number of nitro groups is 1. The van der Waals surface area contributed by atoms with Crippen LogP contribution in [0.2, 0.25) is 0 Å². The van der Waals surface area contributed by atoms with Gasteiger partial charge in [0.15, 0.2) is 5.75 Å².